The smallest absolute Gasteiger partial charge is 0.257 e. The Morgan fingerprint density at radius 2 is 2.00 bits per heavy atom. The van der Waals surface area contributed by atoms with Crippen LogP contribution in [0.15, 0.2) is 24.3 Å². The third-order valence-corrected chi connectivity index (χ3v) is 5.51. The summed E-state index contributed by atoms with van der Waals surface area (Å²) in [6, 6.07) is 7.36. The number of nitrogens with one attached hydrogen (secondary N) is 1. The molecular weight excluding hydrogens is 304 g/mol. The summed E-state index contributed by atoms with van der Waals surface area (Å²) in [6.07, 6.45) is 4.35. The van der Waals surface area contributed by atoms with Crippen molar-refractivity contribution in [3.8, 4) is 5.75 Å². The largest absolute Gasteiger partial charge is 0.493 e. The van der Waals surface area contributed by atoms with Gasteiger partial charge >= 0.3 is 0 Å². The lowest BCUT2D eigenvalue weighted by molar-refractivity contribution is -0.127. The van der Waals surface area contributed by atoms with Crippen molar-refractivity contribution in [2.75, 3.05) is 26.7 Å². The monoisotopic (exact) mass is 330 g/mol. The molecule has 24 heavy (non-hydrogen) atoms. The Kier molecular flexibility index (Phi) is 4.78. The Balaban J connectivity index is 1.85. The molecule has 1 saturated heterocycles. The molecule has 1 spiro atoms. The van der Waals surface area contributed by atoms with Crippen LogP contribution >= 0.6 is 0 Å². The maximum absolute atomic E-state index is 13.1. The van der Waals surface area contributed by atoms with E-state index in [1.54, 1.807) is 7.05 Å². The summed E-state index contributed by atoms with van der Waals surface area (Å²) in [5, 5.41) is 2.79. The van der Waals surface area contributed by atoms with E-state index in [1.165, 1.54) is 0 Å². The van der Waals surface area contributed by atoms with E-state index in [0.29, 0.717) is 31.0 Å². The van der Waals surface area contributed by atoms with Crippen LogP contribution in [0.25, 0.3) is 0 Å². The molecule has 1 aliphatic carbocycles. The average molecular weight is 330 g/mol. The van der Waals surface area contributed by atoms with Gasteiger partial charge in [0.15, 0.2) is 0 Å². The second-order valence-electron chi connectivity index (χ2n) is 6.85. The third-order valence-electron chi connectivity index (χ3n) is 5.51. The van der Waals surface area contributed by atoms with Crippen molar-refractivity contribution in [1.29, 1.82) is 0 Å². The van der Waals surface area contributed by atoms with Crippen molar-refractivity contribution in [3.05, 3.63) is 29.8 Å². The minimum atomic E-state index is -0.104. The Bertz CT molecular complexity index is 623. The number of para-hydroxylation sites is 1. The first-order valence-electron chi connectivity index (χ1n) is 8.84. The van der Waals surface area contributed by atoms with Gasteiger partial charge in [-0.1, -0.05) is 25.0 Å². The normalized spacial score (nSPS) is 21.9. The molecule has 0 aromatic heterocycles. The van der Waals surface area contributed by atoms with Crippen molar-refractivity contribution < 1.29 is 14.3 Å². The zero-order chi connectivity index (χ0) is 17.2. The van der Waals surface area contributed by atoms with Gasteiger partial charge in [0.2, 0.25) is 5.91 Å². The van der Waals surface area contributed by atoms with Crippen molar-refractivity contribution in [2.45, 2.75) is 32.6 Å². The fourth-order valence-corrected chi connectivity index (χ4v) is 4.34. The molecule has 1 N–H and O–H groups in total. The average Bonchev–Trinajstić information content (AvgIpc) is 3.22. The highest BCUT2D eigenvalue weighted by Gasteiger charge is 2.52. The number of amides is 2. The van der Waals surface area contributed by atoms with Crippen LogP contribution in [0.4, 0.5) is 0 Å². The number of hydrogen-bond donors (Lipinski definition) is 1. The Morgan fingerprint density at radius 1 is 1.29 bits per heavy atom. The molecule has 5 nitrogen and oxygen atoms in total. The van der Waals surface area contributed by atoms with E-state index in [4.69, 9.17) is 4.74 Å². The lowest BCUT2D eigenvalue weighted by atomic mass is 9.76. The third kappa shape index (κ3) is 2.87. The second-order valence-corrected chi connectivity index (χ2v) is 6.85. The topological polar surface area (TPSA) is 58.6 Å². The molecule has 1 aliphatic heterocycles. The summed E-state index contributed by atoms with van der Waals surface area (Å²) < 4.78 is 5.60. The number of carbonyl (C=O) groups is 2. The van der Waals surface area contributed by atoms with Gasteiger partial charge in [-0.2, -0.15) is 0 Å². The van der Waals surface area contributed by atoms with Crippen LogP contribution in [0.5, 0.6) is 5.75 Å². The molecule has 2 amide bonds. The van der Waals surface area contributed by atoms with Crippen LogP contribution in [-0.2, 0) is 4.79 Å². The molecule has 1 saturated carbocycles. The van der Waals surface area contributed by atoms with Gasteiger partial charge in [0.25, 0.3) is 5.91 Å². The minimum absolute atomic E-state index is 0.0308. The number of carbonyl (C=O) groups excluding carboxylic acids is 2. The number of likely N-dealkylation sites (tertiary alicyclic amines) is 1. The predicted molar refractivity (Wildman–Crippen MR) is 92.0 cm³/mol. The van der Waals surface area contributed by atoms with Gasteiger partial charge < -0.3 is 15.0 Å². The second kappa shape index (κ2) is 6.83. The van der Waals surface area contributed by atoms with Gasteiger partial charge in [0, 0.05) is 25.6 Å². The quantitative estimate of drug-likeness (QED) is 0.922. The number of rotatable bonds is 4. The van der Waals surface area contributed by atoms with E-state index in [-0.39, 0.29) is 23.1 Å². The molecule has 130 valence electrons. The molecule has 1 aromatic carbocycles. The predicted octanol–water partition coefficient (Wildman–Crippen LogP) is 2.46. The molecular formula is C19H26N2O3. The van der Waals surface area contributed by atoms with Crippen LogP contribution < -0.4 is 10.1 Å². The molecule has 3 rings (SSSR count). The SMILES string of the molecule is CCOc1ccccc1C(=O)N1CC(C(=O)NC)C2(CCCC2)C1. The first kappa shape index (κ1) is 16.8. The van der Waals surface area contributed by atoms with E-state index < -0.39 is 0 Å². The molecule has 0 radical (unpaired) electrons. The molecule has 1 unspecified atom stereocenters. The van der Waals surface area contributed by atoms with Gasteiger partial charge in [-0.25, -0.2) is 0 Å². The van der Waals surface area contributed by atoms with Crippen LogP contribution in [-0.4, -0.2) is 43.5 Å². The van der Waals surface area contributed by atoms with Crippen molar-refractivity contribution in [1.82, 2.24) is 10.2 Å². The zero-order valence-electron chi connectivity index (χ0n) is 14.5. The summed E-state index contributed by atoms with van der Waals surface area (Å²) in [5.74, 6) is 0.545. The van der Waals surface area contributed by atoms with Crippen molar-refractivity contribution in [3.63, 3.8) is 0 Å². The summed E-state index contributed by atoms with van der Waals surface area (Å²) in [7, 11) is 1.68. The van der Waals surface area contributed by atoms with Crippen LogP contribution in [0.1, 0.15) is 43.0 Å². The highest BCUT2D eigenvalue weighted by atomic mass is 16.5. The summed E-state index contributed by atoms with van der Waals surface area (Å²) in [4.78, 5) is 27.3. The molecule has 5 heteroatoms. The number of nitrogens with zero attached hydrogens (tertiary/aromatic N) is 1. The van der Waals surface area contributed by atoms with E-state index in [1.807, 2.05) is 36.1 Å². The highest BCUT2D eigenvalue weighted by Crippen LogP contribution is 2.49. The Morgan fingerprint density at radius 3 is 2.67 bits per heavy atom. The van der Waals surface area contributed by atoms with Crippen molar-refractivity contribution in [2.24, 2.45) is 11.3 Å². The van der Waals surface area contributed by atoms with Crippen LogP contribution in [0, 0.1) is 11.3 Å². The van der Waals surface area contributed by atoms with Gasteiger partial charge in [-0.3, -0.25) is 9.59 Å². The maximum Gasteiger partial charge on any atom is 0.257 e. The zero-order valence-corrected chi connectivity index (χ0v) is 14.5. The molecule has 1 heterocycles. The number of hydrogen-bond acceptors (Lipinski definition) is 3. The summed E-state index contributed by atoms with van der Waals surface area (Å²) in [6.45, 7) is 3.60. The summed E-state index contributed by atoms with van der Waals surface area (Å²) in [5.41, 5.74) is 0.543. The van der Waals surface area contributed by atoms with E-state index in [9.17, 15) is 9.59 Å². The summed E-state index contributed by atoms with van der Waals surface area (Å²) >= 11 is 0. The fourth-order valence-electron chi connectivity index (χ4n) is 4.34. The lowest BCUT2D eigenvalue weighted by Crippen LogP contribution is -2.38. The lowest BCUT2D eigenvalue weighted by Gasteiger charge is -2.28. The van der Waals surface area contributed by atoms with Gasteiger partial charge in [0.1, 0.15) is 5.75 Å². The highest BCUT2D eigenvalue weighted by molar-refractivity contribution is 5.97. The fraction of sp³-hybridized carbons (Fsp3) is 0.579. The standard InChI is InChI=1S/C19H26N2O3/c1-3-24-16-9-5-4-8-14(16)18(23)21-12-15(17(22)20-2)19(13-21)10-6-7-11-19/h4-5,8-9,15H,3,6-7,10-13H2,1-2H3,(H,20,22). The maximum atomic E-state index is 13.1. The first-order valence-corrected chi connectivity index (χ1v) is 8.84. The Labute approximate surface area is 143 Å². The van der Waals surface area contributed by atoms with Crippen molar-refractivity contribution >= 4 is 11.8 Å². The molecule has 1 aromatic rings. The van der Waals surface area contributed by atoms with E-state index in [2.05, 4.69) is 5.32 Å². The van der Waals surface area contributed by atoms with Gasteiger partial charge in [-0.15, -0.1) is 0 Å². The first-order chi connectivity index (χ1) is 11.6. The number of benzene rings is 1. The molecule has 0 bridgehead atoms. The Hall–Kier alpha value is -2.04. The van der Waals surface area contributed by atoms with Crippen LogP contribution in [0.3, 0.4) is 0 Å². The van der Waals surface area contributed by atoms with E-state index >= 15 is 0 Å². The number of ether oxygens (including phenoxy) is 1. The molecule has 2 fully saturated rings. The van der Waals surface area contributed by atoms with Gasteiger partial charge in [-0.05, 0) is 31.9 Å². The minimum Gasteiger partial charge on any atom is -0.493 e. The van der Waals surface area contributed by atoms with Crippen LogP contribution in [0.2, 0.25) is 0 Å². The molecule has 1 atom stereocenters. The molecule has 2 aliphatic rings. The van der Waals surface area contributed by atoms with Gasteiger partial charge in [0.05, 0.1) is 18.1 Å². The van der Waals surface area contributed by atoms with E-state index in [0.717, 1.165) is 25.7 Å².